The molecule has 2 aromatic rings. The van der Waals surface area contributed by atoms with Crippen LogP contribution in [0.25, 0.3) is 0 Å². The van der Waals surface area contributed by atoms with E-state index >= 15 is 0 Å². The summed E-state index contributed by atoms with van der Waals surface area (Å²) in [5, 5.41) is 13.2. The van der Waals surface area contributed by atoms with Crippen LogP contribution in [-0.2, 0) is 10.2 Å². The zero-order valence-corrected chi connectivity index (χ0v) is 13.3. The maximum atomic E-state index is 13.0. The molecule has 1 amide bonds. The number of hydrogen-bond donors (Lipinski definition) is 1. The van der Waals surface area contributed by atoms with Crippen LogP contribution < -0.4 is 5.32 Å². The summed E-state index contributed by atoms with van der Waals surface area (Å²) in [6.45, 7) is 1.97. The molecule has 0 saturated heterocycles. The van der Waals surface area contributed by atoms with Gasteiger partial charge in [0.25, 0.3) is 0 Å². The van der Waals surface area contributed by atoms with Gasteiger partial charge in [-0.15, -0.1) is 11.8 Å². The summed E-state index contributed by atoms with van der Waals surface area (Å²) in [7, 11) is 0. The highest BCUT2D eigenvalue weighted by Gasteiger charge is 2.54. The predicted molar refractivity (Wildman–Crippen MR) is 88.2 cm³/mol. The minimum Gasteiger partial charge on any atom is -0.318 e. The molecule has 23 heavy (non-hydrogen) atoms. The third kappa shape index (κ3) is 2.30. The number of thioether (sulfide) groups is 1. The van der Waals surface area contributed by atoms with Crippen LogP contribution in [0.1, 0.15) is 18.3 Å². The Bertz CT molecular complexity index is 757. The predicted octanol–water partition coefficient (Wildman–Crippen LogP) is 2.38. The Hall–Kier alpha value is -2.65. The third-order valence-corrected chi connectivity index (χ3v) is 4.55. The van der Waals surface area contributed by atoms with Gasteiger partial charge in [-0.05, 0) is 30.0 Å². The molecule has 2 aromatic heterocycles. The number of nitriles is 1. The summed E-state index contributed by atoms with van der Waals surface area (Å²) < 4.78 is 0. The van der Waals surface area contributed by atoms with Gasteiger partial charge in [-0.25, -0.2) is 0 Å². The van der Waals surface area contributed by atoms with Gasteiger partial charge in [-0.2, -0.15) is 5.26 Å². The zero-order valence-electron chi connectivity index (χ0n) is 12.5. The van der Waals surface area contributed by atoms with Crippen molar-refractivity contribution in [3.8, 4) is 6.07 Å². The molecule has 1 N–H and O–H groups in total. The highest BCUT2D eigenvalue weighted by Crippen LogP contribution is 2.44. The van der Waals surface area contributed by atoms with Gasteiger partial charge < -0.3 is 5.32 Å². The van der Waals surface area contributed by atoms with E-state index in [1.165, 1.54) is 11.8 Å². The van der Waals surface area contributed by atoms with Crippen LogP contribution in [0.3, 0.4) is 0 Å². The molecule has 1 aliphatic rings. The van der Waals surface area contributed by atoms with Crippen molar-refractivity contribution in [1.82, 2.24) is 15.3 Å². The average Bonchev–Trinajstić information content (AvgIpc) is 2.89. The van der Waals surface area contributed by atoms with Crippen LogP contribution in [0, 0.1) is 11.3 Å². The van der Waals surface area contributed by atoms with Gasteiger partial charge in [-0.3, -0.25) is 14.8 Å². The van der Waals surface area contributed by atoms with E-state index < -0.39 is 5.41 Å². The number of rotatable bonds is 4. The molecule has 1 aliphatic heterocycles. The van der Waals surface area contributed by atoms with Gasteiger partial charge in [0.05, 0.1) is 28.1 Å². The molecule has 0 radical (unpaired) electrons. The van der Waals surface area contributed by atoms with E-state index in [-0.39, 0.29) is 5.91 Å². The smallest absolute Gasteiger partial charge is 0.248 e. The molecule has 0 atom stereocenters. The fraction of sp³-hybridized carbons (Fsp3) is 0.176. The van der Waals surface area contributed by atoms with Crippen LogP contribution in [0.2, 0.25) is 0 Å². The van der Waals surface area contributed by atoms with E-state index in [2.05, 4.69) is 21.4 Å². The maximum Gasteiger partial charge on any atom is 0.248 e. The van der Waals surface area contributed by atoms with Gasteiger partial charge in [0, 0.05) is 12.4 Å². The first-order valence-electron chi connectivity index (χ1n) is 7.17. The summed E-state index contributed by atoms with van der Waals surface area (Å²) in [5.74, 6) is 0.462. The van der Waals surface area contributed by atoms with Crippen molar-refractivity contribution >= 4 is 17.7 Å². The molecule has 0 aromatic carbocycles. The van der Waals surface area contributed by atoms with Gasteiger partial charge in [0.2, 0.25) is 5.91 Å². The molecule has 6 heteroatoms. The monoisotopic (exact) mass is 322 g/mol. The topological polar surface area (TPSA) is 78.7 Å². The van der Waals surface area contributed by atoms with Crippen molar-refractivity contribution in [2.24, 2.45) is 0 Å². The van der Waals surface area contributed by atoms with Crippen LogP contribution >= 0.6 is 11.8 Å². The second-order valence-electron chi connectivity index (χ2n) is 4.88. The fourth-order valence-corrected chi connectivity index (χ4v) is 3.52. The second kappa shape index (κ2) is 6.23. The van der Waals surface area contributed by atoms with E-state index in [1.807, 2.05) is 6.92 Å². The lowest BCUT2D eigenvalue weighted by molar-refractivity contribution is -0.122. The molecule has 114 valence electrons. The quantitative estimate of drug-likeness (QED) is 0.935. The number of carbonyl (C=O) groups is 1. The first kappa shape index (κ1) is 15.3. The fourth-order valence-electron chi connectivity index (χ4n) is 2.72. The highest BCUT2D eigenvalue weighted by molar-refractivity contribution is 8.03. The van der Waals surface area contributed by atoms with Crippen molar-refractivity contribution in [2.75, 3.05) is 5.75 Å². The van der Waals surface area contributed by atoms with Gasteiger partial charge in [0.15, 0.2) is 5.41 Å². The minimum atomic E-state index is -1.30. The normalized spacial score (nSPS) is 16.1. The Morgan fingerprint density at radius 3 is 2.22 bits per heavy atom. The van der Waals surface area contributed by atoms with Crippen LogP contribution in [0.5, 0.6) is 0 Å². The summed E-state index contributed by atoms with van der Waals surface area (Å²) >= 11 is 1.44. The van der Waals surface area contributed by atoms with Crippen molar-refractivity contribution in [2.45, 2.75) is 12.3 Å². The van der Waals surface area contributed by atoms with E-state index in [9.17, 15) is 10.1 Å². The molecule has 0 spiro atoms. The van der Waals surface area contributed by atoms with E-state index in [4.69, 9.17) is 0 Å². The van der Waals surface area contributed by atoms with Crippen molar-refractivity contribution in [1.29, 1.82) is 5.26 Å². The Labute approximate surface area is 138 Å². The van der Waals surface area contributed by atoms with E-state index in [1.54, 1.807) is 48.8 Å². The SMILES string of the molecule is CCSC1=C(C#N)C(c2ccccn2)(c2ccccn2)C(=O)N1. The molecule has 0 unspecified atom stereocenters. The Balaban J connectivity index is 2.34. The summed E-state index contributed by atoms with van der Waals surface area (Å²) in [4.78, 5) is 21.7. The number of amides is 1. The van der Waals surface area contributed by atoms with Crippen molar-refractivity contribution < 1.29 is 4.79 Å². The number of nitrogens with zero attached hydrogens (tertiary/aromatic N) is 3. The van der Waals surface area contributed by atoms with Gasteiger partial charge in [-0.1, -0.05) is 19.1 Å². The molecular weight excluding hydrogens is 308 g/mol. The lowest BCUT2D eigenvalue weighted by atomic mass is 9.75. The zero-order chi connectivity index (χ0) is 16.3. The molecule has 5 nitrogen and oxygen atoms in total. The number of aromatic nitrogens is 2. The number of hydrogen-bond acceptors (Lipinski definition) is 5. The Morgan fingerprint density at radius 1 is 1.17 bits per heavy atom. The largest absolute Gasteiger partial charge is 0.318 e. The molecule has 0 aliphatic carbocycles. The molecule has 3 heterocycles. The van der Waals surface area contributed by atoms with Crippen LogP contribution in [-0.4, -0.2) is 21.6 Å². The average molecular weight is 322 g/mol. The second-order valence-corrected chi connectivity index (χ2v) is 6.16. The van der Waals surface area contributed by atoms with Gasteiger partial charge in [0.1, 0.15) is 0 Å². The number of pyridine rings is 2. The maximum absolute atomic E-state index is 13.0. The number of carbonyl (C=O) groups excluding carboxylic acids is 1. The Kier molecular flexibility index (Phi) is 4.13. The van der Waals surface area contributed by atoms with Crippen molar-refractivity contribution in [3.63, 3.8) is 0 Å². The minimum absolute atomic E-state index is 0.289. The van der Waals surface area contributed by atoms with Crippen molar-refractivity contribution in [3.05, 3.63) is 70.8 Å². The summed E-state index contributed by atoms with van der Waals surface area (Å²) in [6.07, 6.45) is 3.24. The lowest BCUT2D eigenvalue weighted by Gasteiger charge is -2.25. The van der Waals surface area contributed by atoms with Crippen LogP contribution in [0.15, 0.2) is 59.4 Å². The number of nitrogens with one attached hydrogen (secondary N) is 1. The molecule has 0 saturated carbocycles. The lowest BCUT2D eigenvalue weighted by Crippen LogP contribution is -2.41. The third-order valence-electron chi connectivity index (χ3n) is 3.67. The Morgan fingerprint density at radius 2 is 1.78 bits per heavy atom. The highest BCUT2D eigenvalue weighted by atomic mass is 32.2. The first-order chi connectivity index (χ1) is 11.2. The van der Waals surface area contributed by atoms with Crippen LogP contribution in [0.4, 0.5) is 0 Å². The summed E-state index contributed by atoms with van der Waals surface area (Å²) in [6, 6.07) is 12.9. The van der Waals surface area contributed by atoms with Gasteiger partial charge >= 0.3 is 0 Å². The summed E-state index contributed by atoms with van der Waals surface area (Å²) in [5.41, 5.74) is 0.0556. The molecule has 0 bridgehead atoms. The molecular formula is C17H14N4OS. The molecule has 0 fully saturated rings. The van der Waals surface area contributed by atoms with E-state index in [0.717, 1.165) is 5.75 Å². The van der Waals surface area contributed by atoms with E-state index in [0.29, 0.717) is 22.0 Å². The molecule has 3 rings (SSSR count). The first-order valence-corrected chi connectivity index (χ1v) is 8.15. The standard InChI is InChI=1S/C17H14N4OS/c1-2-23-15-12(11-18)17(16(22)21-15,13-7-3-5-9-19-13)14-8-4-6-10-20-14/h3-10H,2H2,1H3,(H,21,22).